The van der Waals surface area contributed by atoms with Gasteiger partial charge in [-0.2, -0.15) is 15.0 Å². The van der Waals surface area contributed by atoms with Crippen LogP contribution in [0.1, 0.15) is 10.4 Å². The first kappa shape index (κ1) is 18.4. The maximum atomic E-state index is 11.0. The summed E-state index contributed by atoms with van der Waals surface area (Å²) in [5, 5.41) is 9.02. The fourth-order valence-corrected chi connectivity index (χ4v) is 2.96. The van der Waals surface area contributed by atoms with Gasteiger partial charge in [-0.05, 0) is 24.3 Å². The molecule has 0 unspecified atom stereocenters. The molecule has 1 aromatic heterocycles. The first-order chi connectivity index (χ1) is 13.7. The molecule has 0 aliphatic carbocycles. The van der Waals surface area contributed by atoms with Gasteiger partial charge in [-0.3, -0.25) is 0 Å². The molecule has 28 heavy (non-hydrogen) atoms. The minimum Gasteiger partial charge on any atom is -0.478 e. The fourth-order valence-electron chi connectivity index (χ4n) is 2.96. The van der Waals surface area contributed by atoms with Crippen molar-refractivity contribution in [1.82, 2.24) is 15.0 Å². The number of ether oxygens (including phenoxy) is 3. The van der Waals surface area contributed by atoms with Gasteiger partial charge in [-0.25, -0.2) is 4.79 Å². The molecule has 3 heterocycles. The van der Waals surface area contributed by atoms with E-state index in [2.05, 4.69) is 15.0 Å². The van der Waals surface area contributed by atoms with Crippen LogP contribution in [0.3, 0.4) is 0 Å². The number of aromatic nitrogens is 3. The van der Waals surface area contributed by atoms with Crippen molar-refractivity contribution in [3.05, 3.63) is 29.8 Å². The van der Waals surface area contributed by atoms with Crippen molar-refractivity contribution in [1.29, 1.82) is 0 Å². The number of carbonyl (C=O) groups is 1. The van der Waals surface area contributed by atoms with Crippen molar-refractivity contribution in [3.8, 4) is 11.8 Å². The number of carboxylic acids is 1. The Kier molecular flexibility index (Phi) is 5.49. The van der Waals surface area contributed by atoms with Crippen LogP contribution in [0, 0.1) is 0 Å². The summed E-state index contributed by atoms with van der Waals surface area (Å²) in [6.07, 6.45) is 0. The molecule has 4 rings (SSSR count). The predicted molar refractivity (Wildman–Crippen MR) is 99.4 cm³/mol. The zero-order valence-electron chi connectivity index (χ0n) is 15.3. The summed E-state index contributed by atoms with van der Waals surface area (Å²) in [6, 6.07) is 6.28. The van der Waals surface area contributed by atoms with Crippen molar-refractivity contribution in [2.24, 2.45) is 0 Å². The summed E-state index contributed by atoms with van der Waals surface area (Å²) in [7, 11) is 0. The van der Waals surface area contributed by atoms with Crippen LogP contribution in [0.25, 0.3) is 0 Å². The lowest BCUT2D eigenvalue weighted by Gasteiger charge is -2.30. The third kappa shape index (κ3) is 4.29. The lowest BCUT2D eigenvalue weighted by Crippen LogP contribution is -2.40. The van der Waals surface area contributed by atoms with E-state index in [4.69, 9.17) is 19.3 Å². The SMILES string of the molecule is O=C(O)c1ccc(Oc2nc(N3CCOCC3)nc(N3CCOCC3)n2)cc1. The Morgan fingerprint density at radius 3 is 1.82 bits per heavy atom. The molecule has 0 bridgehead atoms. The molecule has 2 aliphatic heterocycles. The second kappa shape index (κ2) is 8.36. The van der Waals surface area contributed by atoms with Crippen LogP contribution in [0.15, 0.2) is 24.3 Å². The van der Waals surface area contributed by atoms with Crippen LogP contribution in [0.5, 0.6) is 11.8 Å². The smallest absolute Gasteiger partial charge is 0.335 e. The molecule has 0 saturated carbocycles. The number of hydrogen-bond acceptors (Lipinski definition) is 9. The quantitative estimate of drug-likeness (QED) is 0.799. The van der Waals surface area contributed by atoms with Crippen molar-refractivity contribution in [2.45, 2.75) is 0 Å². The van der Waals surface area contributed by atoms with E-state index < -0.39 is 5.97 Å². The van der Waals surface area contributed by atoms with Gasteiger partial charge in [0.25, 0.3) is 0 Å². The Hall–Kier alpha value is -2.98. The second-order valence-corrected chi connectivity index (χ2v) is 6.35. The van der Waals surface area contributed by atoms with Crippen molar-refractivity contribution in [3.63, 3.8) is 0 Å². The number of benzene rings is 1. The molecule has 10 heteroatoms. The summed E-state index contributed by atoms with van der Waals surface area (Å²) < 4.78 is 16.6. The number of nitrogens with zero attached hydrogens (tertiary/aromatic N) is 5. The van der Waals surface area contributed by atoms with Gasteiger partial charge in [0.15, 0.2) is 0 Å². The Morgan fingerprint density at radius 2 is 1.36 bits per heavy atom. The molecule has 148 valence electrons. The van der Waals surface area contributed by atoms with E-state index in [1.54, 1.807) is 12.1 Å². The first-order valence-electron chi connectivity index (χ1n) is 9.12. The summed E-state index contributed by atoms with van der Waals surface area (Å²) in [4.78, 5) is 28.6. The van der Waals surface area contributed by atoms with Crippen LogP contribution < -0.4 is 14.5 Å². The van der Waals surface area contributed by atoms with Crippen molar-refractivity contribution >= 4 is 17.9 Å². The highest BCUT2D eigenvalue weighted by Gasteiger charge is 2.21. The maximum absolute atomic E-state index is 11.0. The standard InChI is InChI=1S/C18H21N5O5/c24-15(25)13-1-3-14(4-2-13)28-18-20-16(22-5-9-26-10-6-22)19-17(21-18)23-7-11-27-12-8-23/h1-4H,5-12H2,(H,24,25). The zero-order chi connectivity index (χ0) is 19.3. The van der Waals surface area contributed by atoms with E-state index in [-0.39, 0.29) is 11.6 Å². The lowest BCUT2D eigenvalue weighted by molar-refractivity contribution is 0.0697. The molecule has 0 spiro atoms. The molecular weight excluding hydrogens is 366 g/mol. The normalized spacial score (nSPS) is 17.4. The summed E-state index contributed by atoms with van der Waals surface area (Å²) >= 11 is 0. The minimum atomic E-state index is -0.990. The van der Waals surface area contributed by atoms with Gasteiger partial charge >= 0.3 is 12.0 Å². The highest BCUT2D eigenvalue weighted by atomic mass is 16.5. The monoisotopic (exact) mass is 387 g/mol. The van der Waals surface area contributed by atoms with E-state index in [0.29, 0.717) is 70.3 Å². The second-order valence-electron chi connectivity index (χ2n) is 6.35. The van der Waals surface area contributed by atoms with E-state index in [1.807, 2.05) is 9.80 Å². The van der Waals surface area contributed by atoms with Gasteiger partial charge in [-0.15, -0.1) is 0 Å². The number of anilines is 2. The molecule has 2 saturated heterocycles. The molecule has 10 nitrogen and oxygen atoms in total. The van der Waals surface area contributed by atoms with E-state index in [1.165, 1.54) is 12.1 Å². The Morgan fingerprint density at radius 1 is 0.857 bits per heavy atom. The number of aromatic carboxylic acids is 1. The van der Waals surface area contributed by atoms with Gasteiger partial charge in [0.05, 0.1) is 32.0 Å². The van der Waals surface area contributed by atoms with Crippen molar-refractivity contribution in [2.75, 3.05) is 62.4 Å². The summed E-state index contributed by atoms with van der Waals surface area (Å²) in [5.74, 6) is 0.543. The van der Waals surface area contributed by atoms with Crippen LogP contribution in [0.2, 0.25) is 0 Å². The van der Waals surface area contributed by atoms with Crippen LogP contribution in [-0.4, -0.2) is 78.6 Å². The third-order valence-electron chi connectivity index (χ3n) is 4.49. The zero-order valence-corrected chi connectivity index (χ0v) is 15.3. The third-order valence-corrected chi connectivity index (χ3v) is 4.49. The van der Waals surface area contributed by atoms with Gasteiger partial charge in [0.2, 0.25) is 11.9 Å². The Balaban J connectivity index is 1.61. The van der Waals surface area contributed by atoms with E-state index >= 15 is 0 Å². The maximum Gasteiger partial charge on any atom is 0.335 e. The fraction of sp³-hybridized carbons (Fsp3) is 0.444. The minimum absolute atomic E-state index is 0.168. The molecule has 0 atom stereocenters. The number of hydrogen-bond donors (Lipinski definition) is 1. The largest absolute Gasteiger partial charge is 0.478 e. The van der Waals surface area contributed by atoms with Gasteiger partial charge in [0.1, 0.15) is 5.75 Å². The number of rotatable bonds is 5. The van der Waals surface area contributed by atoms with E-state index in [0.717, 1.165) is 0 Å². The highest BCUT2D eigenvalue weighted by Crippen LogP contribution is 2.24. The molecular formula is C18H21N5O5. The van der Waals surface area contributed by atoms with Gasteiger partial charge in [0, 0.05) is 26.2 Å². The van der Waals surface area contributed by atoms with Crippen LogP contribution in [-0.2, 0) is 9.47 Å². The average molecular weight is 387 g/mol. The van der Waals surface area contributed by atoms with Gasteiger partial charge < -0.3 is 29.1 Å². The Bertz CT molecular complexity index is 783. The van der Waals surface area contributed by atoms with E-state index in [9.17, 15) is 4.79 Å². The number of carboxylic acid groups (broad SMARTS) is 1. The molecule has 1 aromatic carbocycles. The molecule has 2 fully saturated rings. The molecule has 2 aliphatic rings. The van der Waals surface area contributed by atoms with Crippen LogP contribution in [0.4, 0.5) is 11.9 Å². The topological polar surface area (TPSA) is 110 Å². The van der Waals surface area contributed by atoms with Crippen LogP contribution >= 0.6 is 0 Å². The molecule has 1 N–H and O–H groups in total. The molecule has 0 amide bonds. The summed E-state index contributed by atoms with van der Waals surface area (Å²) in [6.45, 7) is 5.24. The first-order valence-corrected chi connectivity index (χ1v) is 9.12. The molecule has 2 aromatic rings. The average Bonchev–Trinajstić information content (AvgIpc) is 2.75. The van der Waals surface area contributed by atoms with Crippen molar-refractivity contribution < 1.29 is 24.1 Å². The highest BCUT2D eigenvalue weighted by molar-refractivity contribution is 5.87. The number of morpholine rings is 2. The van der Waals surface area contributed by atoms with Gasteiger partial charge in [-0.1, -0.05) is 0 Å². The lowest BCUT2D eigenvalue weighted by atomic mass is 10.2. The Labute approximate surface area is 161 Å². The molecule has 0 radical (unpaired) electrons. The predicted octanol–water partition coefficient (Wildman–Crippen LogP) is 1.04. The summed E-state index contributed by atoms with van der Waals surface area (Å²) in [5.41, 5.74) is 0.186.